The summed E-state index contributed by atoms with van der Waals surface area (Å²) in [4.78, 5) is 0. The average molecular weight is 408 g/mol. The van der Waals surface area contributed by atoms with Crippen molar-refractivity contribution in [1.29, 1.82) is 0 Å². The van der Waals surface area contributed by atoms with Gasteiger partial charge in [0.2, 0.25) is 0 Å². The summed E-state index contributed by atoms with van der Waals surface area (Å²) in [5.74, 6) is 0.495. The van der Waals surface area contributed by atoms with Crippen molar-refractivity contribution in [2.75, 3.05) is 6.61 Å². The quantitative estimate of drug-likeness (QED) is 0.370. The lowest BCUT2D eigenvalue weighted by Crippen LogP contribution is -2.46. The van der Waals surface area contributed by atoms with Crippen LogP contribution in [0.1, 0.15) is 48.3 Å². The van der Waals surface area contributed by atoms with E-state index in [1.807, 2.05) is 0 Å². The molecular weight excluding hydrogens is 378 g/mol. The van der Waals surface area contributed by atoms with E-state index >= 15 is 0 Å². The second kappa shape index (κ2) is 7.39. The maximum absolute atomic E-state index is 6.44. The van der Waals surface area contributed by atoms with Crippen molar-refractivity contribution >= 4 is 10.9 Å². The molecule has 0 unspecified atom stereocenters. The summed E-state index contributed by atoms with van der Waals surface area (Å²) in [7, 11) is 0. The maximum atomic E-state index is 6.44. The highest BCUT2D eigenvalue weighted by molar-refractivity contribution is 5.86. The van der Waals surface area contributed by atoms with Crippen LogP contribution in [0.2, 0.25) is 0 Å². The van der Waals surface area contributed by atoms with Gasteiger partial charge in [-0.1, -0.05) is 85.8 Å². The fraction of sp³-hybridized carbons (Fsp3) is 0.310. The number of ether oxygens (including phenoxy) is 1. The first-order valence-corrected chi connectivity index (χ1v) is 11.6. The number of rotatable bonds is 3. The Morgan fingerprint density at radius 2 is 1.61 bits per heavy atom. The Hall–Kier alpha value is -2.84. The highest BCUT2D eigenvalue weighted by Crippen LogP contribution is 2.54. The van der Waals surface area contributed by atoms with Gasteiger partial charge >= 0.3 is 0 Å². The number of aromatic nitrogens is 1. The van der Waals surface area contributed by atoms with Crippen molar-refractivity contribution < 1.29 is 4.74 Å². The van der Waals surface area contributed by atoms with E-state index in [2.05, 4.69) is 96.4 Å². The lowest BCUT2D eigenvalue weighted by atomic mass is 9.61. The van der Waals surface area contributed by atoms with Crippen LogP contribution >= 0.6 is 0 Å². The molecule has 4 aromatic rings. The van der Waals surface area contributed by atoms with Crippen LogP contribution in [-0.2, 0) is 23.1 Å². The van der Waals surface area contributed by atoms with Crippen LogP contribution in [0.25, 0.3) is 10.9 Å². The second-order valence-electron chi connectivity index (χ2n) is 9.43. The number of aryl methyl sites for hydroxylation is 1. The molecule has 0 saturated carbocycles. The minimum Gasteiger partial charge on any atom is -0.373 e. The molecule has 2 heterocycles. The molecule has 0 amide bonds. The Kier molecular flexibility index (Phi) is 4.50. The largest absolute Gasteiger partial charge is 0.373 e. The number of fused-ring (bicyclic) bond motifs is 5. The van der Waals surface area contributed by atoms with Gasteiger partial charge in [0.05, 0.1) is 6.10 Å². The van der Waals surface area contributed by atoms with Crippen LogP contribution in [0.15, 0.2) is 84.9 Å². The molecule has 0 radical (unpaired) electrons. The van der Waals surface area contributed by atoms with Gasteiger partial charge in [-0.15, -0.1) is 0 Å². The van der Waals surface area contributed by atoms with Crippen LogP contribution in [0.4, 0.5) is 0 Å². The van der Waals surface area contributed by atoms with Gasteiger partial charge in [0.25, 0.3) is 0 Å². The molecule has 6 rings (SSSR count). The van der Waals surface area contributed by atoms with Crippen LogP contribution in [0.3, 0.4) is 0 Å². The van der Waals surface area contributed by atoms with E-state index < -0.39 is 0 Å². The van der Waals surface area contributed by atoms with Crippen LogP contribution in [0, 0.1) is 5.92 Å². The minimum absolute atomic E-state index is 0.111. The summed E-state index contributed by atoms with van der Waals surface area (Å²) in [6.07, 6.45) is 3.57. The number of nitrogens with zero attached hydrogens (tertiary/aromatic N) is 1. The lowest BCUT2D eigenvalue weighted by molar-refractivity contribution is -0.0773. The van der Waals surface area contributed by atoms with Crippen LogP contribution in [0.5, 0.6) is 0 Å². The van der Waals surface area contributed by atoms with E-state index in [1.165, 1.54) is 28.5 Å². The molecule has 1 saturated heterocycles. The highest BCUT2D eigenvalue weighted by atomic mass is 16.5. The Morgan fingerprint density at radius 1 is 0.903 bits per heavy atom. The minimum atomic E-state index is 0.111. The Bertz CT molecular complexity index is 1210. The standard InChI is InChI=1S/C29H29NO/c1-29-18-19-31-27(22-12-6-3-7-13-22)25(29)17-16-24-23-14-8-9-15-26(23)30(28(24)29)20-21-10-4-2-5-11-21/h2-15,25,27H,16-20H2,1H3/t25-,27-,29-/m0/s1. The molecule has 0 spiro atoms. The van der Waals surface area contributed by atoms with Crippen molar-refractivity contribution in [1.82, 2.24) is 4.57 Å². The molecule has 1 aromatic heterocycles. The summed E-state index contributed by atoms with van der Waals surface area (Å²) in [5, 5.41) is 1.44. The molecule has 2 aliphatic rings. The predicted octanol–water partition coefficient (Wildman–Crippen LogP) is 6.67. The molecule has 0 bridgehead atoms. The summed E-state index contributed by atoms with van der Waals surface area (Å²) in [6, 6.07) is 30.8. The van der Waals surface area contributed by atoms with E-state index in [4.69, 9.17) is 4.74 Å². The van der Waals surface area contributed by atoms with Crippen molar-refractivity contribution in [2.45, 2.75) is 44.2 Å². The zero-order chi connectivity index (χ0) is 20.8. The van der Waals surface area contributed by atoms with Gasteiger partial charge in [0.15, 0.2) is 0 Å². The first-order chi connectivity index (χ1) is 15.3. The van der Waals surface area contributed by atoms with Crippen LogP contribution < -0.4 is 0 Å². The fourth-order valence-electron chi connectivity index (χ4n) is 6.28. The van der Waals surface area contributed by atoms with Gasteiger partial charge in [-0.25, -0.2) is 0 Å². The molecule has 156 valence electrons. The topological polar surface area (TPSA) is 14.2 Å². The van der Waals surface area contributed by atoms with Gasteiger partial charge in [-0.05, 0) is 42.0 Å². The van der Waals surface area contributed by atoms with Crippen molar-refractivity contribution in [3.05, 3.63) is 107 Å². The van der Waals surface area contributed by atoms with Crippen molar-refractivity contribution in [3.8, 4) is 0 Å². The van der Waals surface area contributed by atoms with Crippen LogP contribution in [-0.4, -0.2) is 11.2 Å². The Balaban J connectivity index is 1.53. The molecule has 2 heteroatoms. The van der Waals surface area contributed by atoms with E-state index in [1.54, 1.807) is 11.3 Å². The lowest BCUT2D eigenvalue weighted by Gasteiger charge is -2.49. The smallest absolute Gasteiger partial charge is 0.0862 e. The Morgan fingerprint density at radius 3 is 2.42 bits per heavy atom. The van der Waals surface area contributed by atoms with Gasteiger partial charge in [0, 0.05) is 41.1 Å². The van der Waals surface area contributed by atoms with Gasteiger partial charge in [-0.2, -0.15) is 0 Å². The summed E-state index contributed by atoms with van der Waals surface area (Å²) in [6.45, 7) is 4.25. The number of para-hydroxylation sites is 1. The van der Waals surface area contributed by atoms with E-state index in [0.717, 1.165) is 26.0 Å². The Labute approximate surface area is 184 Å². The number of hydrogen-bond acceptors (Lipinski definition) is 1. The zero-order valence-electron chi connectivity index (χ0n) is 18.1. The molecular formula is C29H29NO. The SMILES string of the molecule is C[C@]12CCO[C@@H](c3ccccc3)[C@@H]1CCc1c2n(Cc2ccccc2)c2ccccc12. The van der Waals surface area contributed by atoms with Crippen molar-refractivity contribution in [3.63, 3.8) is 0 Å². The van der Waals surface area contributed by atoms with E-state index in [-0.39, 0.29) is 11.5 Å². The molecule has 0 N–H and O–H groups in total. The first-order valence-electron chi connectivity index (χ1n) is 11.6. The molecule has 1 fully saturated rings. The third-order valence-electron chi connectivity index (χ3n) is 7.74. The summed E-state index contributed by atoms with van der Waals surface area (Å²) in [5.41, 5.74) is 7.30. The summed E-state index contributed by atoms with van der Waals surface area (Å²) >= 11 is 0. The van der Waals surface area contributed by atoms with Gasteiger partial charge in [0.1, 0.15) is 0 Å². The number of benzene rings is 3. The first kappa shape index (κ1) is 18.9. The van der Waals surface area contributed by atoms with E-state index in [9.17, 15) is 0 Å². The third-order valence-corrected chi connectivity index (χ3v) is 7.74. The van der Waals surface area contributed by atoms with E-state index in [0.29, 0.717) is 5.92 Å². The monoisotopic (exact) mass is 407 g/mol. The average Bonchev–Trinajstić information content (AvgIpc) is 3.14. The molecule has 31 heavy (non-hydrogen) atoms. The highest BCUT2D eigenvalue weighted by Gasteiger charge is 2.50. The molecule has 1 aliphatic carbocycles. The molecule has 2 nitrogen and oxygen atoms in total. The molecule has 1 aliphatic heterocycles. The molecule has 3 atom stereocenters. The van der Waals surface area contributed by atoms with Crippen molar-refractivity contribution in [2.24, 2.45) is 5.92 Å². The second-order valence-corrected chi connectivity index (χ2v) is 9.43. The number of hydrogen-bond donors (Lipinski definition) is 0. The fourth-order valence-corrected chi connectivity index (χ4v) is 6.28. The molecule has 3 aromatic carbocycles. The third kappa shape index (κ3) is 2.96. The summed E-state index contributed by atoms with van der Waals surface area (Å²) < 4.78 is 9.06. The zero-order valence-corrected chi connectivity index (χ0v) is 18.1. The maximum Gasteiger partial charge on any atom is 0.0862 e. The van der Waals surface area contributed by atoms with Gasteiger partial charge < -0.3 is 9.30 Å². The normalized spacial score (nSPS) is 25.2. The predicted molar refractivity (Wildman–Crippen MR) is 126 cm³/mol. The van der Waals surface area contributed by atoms with Gasteiger partial charge in [-0.3, -0.25) is 0 Å².